The molecule has 2 rings (SSSR count). The molecule has 0 radical (unpaired) electrons. The number of pyridine rings is 1. The molecule has 1 aromatic heterocycles. The lowest BCUT2D eigenvalue weighted by molar-refractivity contribution is 0.674. The largest absolute Gasteiger partial charge is 0.373 e. The van der Waals surface area contributed by atoms with E-state index in [2.05, 4.69) is 35.2 Å². The number of rotatable bonds is 5. The fraction of sp³-hybridized carbons (Fsp3) is 0.583. The lowest BCUT2D eigenvalue weighted by Gasteiger charge is -2.21. The van der Waals surface area contributed by atoms with Crippen LogP contribution in [0.2, 0.25) is 0 Å². The van der Waals surface area contributed by atoms with E-state index in [9.17, 15) is 0 Å². The van der Waals surface area contributed by atoms with Crippen LogP contribution in [0.3, 0.4) is 0 Å². The SMILES string of the molecule is Cc1cnccc1N(C)CCNC1CC1. The van der Waals surface area contributed by atoms with Crippen molar-refractivity contribution in [3.63, 3.8) is 0 Å². The molecule has 0 bridgehead atoms. The number of hydrogen-bond donors (Lipinski definition) is 1. The van der Waals surface area contributed by atoms with Gasteiger partial charge in [-0.2, -0.15) is 0 Å². The van der Waals surface area contributed by atoms with E-state index in [4.69, 9.17) is 0 Å². The molecule has 0 unspecified atom stereocenters. The molecule has 15 heavy (non-hydrogen) atoms. The molecule has 0 atom stereocenters. The summed E-state index contributed by atoms with van der Waals surface area (Å²) in [6, 6.07) is 2.88. The third kappa shape index (κ3) is 2.93. The lowest BCUT2D eigenvalue weighted by atomic mass is 10.2. The second kappa shape index (κ2) is 4.62. The van der Waals surface area contributed by atoms with Gasteiger partial charge in [-0.25, -0.2) is 0 Å². The van der Waals surface area contributed by atoms with Gasteiger partial charge in [0.25, 0.3) is 0 Å². The van der Waals surface area contributed by atoms with E-state index in [1.54, 1.807) is 0 Å². The van der Waals surface area contributed by atoms with E-state index < -0.39 is 0 Å². The Bertz CT molecular complexity index is 320. The van der Waals surface area contributed by atoms with Crippen molar-refractivity contribution in [1.29, 1.82) is 0 Å². The van der Waals surface area contributed by atoms with Gasteiger partial charge in [-0.1, -0.05) is 0 Å². The minimum Gasteiger partial charge on any atom is -0.373 e. The Labute approximate surface area is 91.5 Å². The summed E-state index contributed by atoms with van der Waals surface area (Å²) in [4.78, 5) is 6.39. The number of nitrogens with zero attached hydrogens (tertiary/aromatic N) is 2. The van der Waals surface area contributed by atoms with Crippen molar-refractivity contribution in [2.24, 2.45) is 0 Å². The van der Waals surface area contributed by atoms with Crippen LogP contribution in [0.1, 0.15) is 18.4 Å². The first-order valence-electron chi connectivity index (χ1n) is 5.62. The number of anilines is 1. The summed E-state index contributed by atoms with van der Waals surface area (Å²) in [6.45, 7) is 4.23. The molecule has 1 aliphatic rings. The molecule has 82 valence electrons. The number of aryl methyl sites for hydroxylation is 1. The second-order valence-electron chi connectivity index (χ2n) is 4.31. The van der Waals surface area contributed by atoms with Crippen LogP contribution in [-0.2, 0) is 0 Å². The van der Waals surface area contributed by atoms with E-state index in [0.29, 0.717) is 0 Å². The van der Waals surface area contributed by atoms with E-state index in [1.165, 1.54) is 24.1 Å². The molecule has 0 aromatic carbocycles. The Morgan fingerprint density at radius 2 is 2.33 bits per heavy atom. The van der Waals surface area contributed by atoms with Crippen molar-refractivity contribution in [2.45, 2.75) is 25.8 Å². The Balaban J connectivity index is 1.83. The van der Waals surface area contributed by atoms with Gasteiger partial charge in [0.1, 0.15) is 0 Å². The quantitative estimate of drug-likeness (QED) is 0.791. The molecule has 1 N–H and O–H groups in total. The van der Waals surface area contributed by atoms with Crippen LogP contribution < -0.4 is 10.2 Å². The smallest absolute Gasteiger partial charge is 0.0424 e. The van der Waals surface area contributed by atoms with Crippen molar-refractivity contribution in [1.82, 2.24) is 10.3 Å². The minimum absolute atomic E-state index is 0.803. The van der Waals surface area contributed by atoms with Crippen LogP contribution in [-0.4, -0.2) is 31.2 Å². The average molecular weight is 205 g/mol. The van der Waals surface area contributed by atoms with Crippen molar-refractivity contribution >= 4 is 5.69 Å². The zero-order valence-corrected chi connectivity index (χ0v) is 9.53. The van der Waals surface area contributed by atoms with Crippen molar-refractivity contribution < 1.29 is 0 Å². The Morgan fingerprint density at radius 1 is 1.53 bits per heavy atom. The maximum absolute atomic E-state index is 4.10. The van der Waals surface area contributed by atoms with E-state index in [0.717, 1.165) is 19.1 Å². The molecule has 3 nitrogen and oxygen atoms in total. The average Bonchev–Trinajstić information content (AvgIpc) is 3.02. The highest BCUT2D eigenvalue weighted by atomic mass is 15.1. The van der Waals surface area contributed by atoms with Gasteiger partial charge in [-0.05, 0) is 31.4 Å². The third-order valence-electron chi connectivity index (χ3n) is 2.86. The predicted octanol–water partition coefficient (Wildman–Crippen LogP) is 1.58. The molecule has 1 heterocycles. The van der Waals surface area contributed by atoms with Gasteiger partial charge in [0.05, 0.1) is 0 Å². The van der Waals surface area contributed by atoms with Gasteiger partial charge < -0.3 is 10.2 Å². The van der Waals surface area contributed by atoms with Crippen molar-refractivity contribution in [3.05, 3.63) is 24.0 Å². The molecular weight excluding hydrogens is 186 g/mol. The van der Waals surface area contributed by atoms with E-state index in [1.807, 2.05) is 12.4 Å². The van der Waals surface area contributed by atoms with E-state index >= 15 is 0 Å². The fourth-order valence-electron chi connectivity index (χ4n) is 1.74. The second-order valence-corrected chi connectivity index (χ2v) is 4.31. The molecular formula is C12H19N3. The minimum atomic E-state index is 0.803. The molecule has 1 aliphatic carbocycles. The summed E-state index contributed by atoms with van der Waals surface area (Å²) in [5.74, 6) is 0. The Morgan fingerprint density at radius 3 is 3.00 bits per heavy atom. The number of likely N-dealkylation sites (N-methyl/N-ethyl adjacent to an activating group) is 1. The molecule has 0 amide bonds. The first-order valence-corrected chi connectivity index (χ1v) is 5.62. The first-order chi connectivity index (χ1) is 7.27. The number of hydrogen-bond acceptors (Lipinski definition) is 3. The monoisotopic (exact) mass is 205 g/mol. The van der Waals surface area contributed by atoms with Gasteiger partial charge >= 0.3 is 0 Å². The normalized spacial score (nSPS) is 15.3. The highest BCUT2D eigenvalue weighted by Crippen LogP contribution is 2.19. The standard InChI is InChI=1S/C12H19N3/c1-10-9-13-6-5-12(10)15(2)8-7-14-11-3-4-11/h5-6,9,11,14H,3-4,7-8H2,1-2H3. The number of nitrogens with one attached hydrogen (secondary N) is 1. The van der Waals surface area contributed by atoms with Crippen LogP contribution in [0.5, 0.6) is 0 Å². The summed E-state index contributed by atoms with van der Waals surface area (Å²) >= 11 is 0. The van der Waals surface area contributed by atoms with Crippen molar-refractivity contribution in [2.75, 3.05) is 25.0 Å². The zero-order valence-electron chi connectivity index (χ0n) is 9.53. The Kier molecular flexibility index (Phi) is 3.21. The molecule has 1 fully saturated rings. The third-order valence-corrected chi connectivity index (χ3v) is 2.86. The molecule has 0 aliphatic heterocycles. The van der Waals surface area contributed by atoms with E-state index in [-0.39, 0.29) is 0 Å². The summed E-state index contributed by atoms with van der Waals surface area (Å²) in [5.41, 5.74) is 2.52. The molecule has 1 aromatic rings. The highest BCUT2D eigenvalue weighted by molar-refractivity contribution is 5.50. The van der Waals surface area contributed by atoms with Gasteiger partial charge in [0, 0.05) is 44.3 Å². The van der Waals surface area contributed by atoms with Crippen LogP contribution in [0, 0.1) is 6.92 Å². The van der Waals surface area contributed by atoms with Gasteiger partial charge in [-0.15, -0.1) is 0 Å². The van der Waals surface area contributed by atoms with Gasteiger partial charge in [0.15, 0.2) is 0 Å². The maximum Gasteiger partial charge on any atom is 0.0424 e. The van der Waals surface area contributed by atoms with Crippen LogP contribution >= 0.6 is 0 Å². The predicted molar refractivity (Wildman–Crippen MR) is 63.3 cm³/mol. The van der Waals surface area contributed by atoms with Gasteiger partial charge in [-0.3, -0.25) is 4.98 Å². The summed E-state index contributed by atoms with van der Waals surface area (Å²) in [7, 11) is 2.14. The fourth-order valence-corrected chi connectivity index (χ4v) is 1.74. The first kappa shape index (κ1) is 10.4. The molecule has 0 saturated heterocycles. The molecule has 3 heteroatoms. The number of aromatic nitrogens is 1. The molecule has 0 spiro atoms. The van der Waals surface area contributed by atoms with Crippen LogP contribution in [0.15, 0.2) is 18.5 Å². The summed E-state index contributed by atoms with van der Waals surface area (Å²) in [6.07, 6.45) is 6.49. The molecule has 1 saturated carbocycles. The lowest BCUT2D eigenvalue weighted by Crippen LogP contribution is -2.30. The van der Waals surface area contributed by atoms with Crippen molar-refractivity contribution in [3.8, 4) is 0 Å². The van der Waals surface area contributed by atoms with Gasteiger partial charge in [0.2, 0.25) is 0 Å². The zero-order chi connectivity index (χ0) is 10.7. The summed E-state index contributed by atoms with van der Waals surface area (Å²) < 4.78 is 0. The Hall–Kier alpha value is -1.09. The highest BCUT2D eigenvalue weighted by Gasteiger charge is 2.19. The topological polar surface area (TPSA) is 28.2 Å². The van der Waals surface area contributed by atoms with Crippen LogP contribution in [0.25, 0.3) is 0 Å². The summed E-state index contributed by atoms with van der Waals surface area (Å²) in [5, 5.41) is 3.52. The maximum atomic E-state index is 4.10. The van der Waals surface area contributed by atoms with Crippen LogP contribution in [0.4, 0.5) is 5.69 Å².